The largest absolute Gasteiger partial charge is 0.383 e. The zero-order chi connectivity index (χ0) is 12.3. The van der Waals surface area contributed by atoms with Gasteiger partial charge in [0.15, 0.2) is 0 Å². The highest BCUT2D eigenvalue weighted by Crippen LogP contribution is 2.07. The fourth-order valence-electron chi connectivity index (χ4n) is 1.68. The van der Waals surface area contributed by atoms with E-state index in [1.165, 1.54) is 4.88 Å². The number of nitrogens with zero attached hydrogens (tertiary/aromatic N) is 1. The summed E-state index contributed by atoms with van der Waals surface area (Å²) >= 11 is 1.84. The van der Waals surface area contributed by atoms with Crippen LogP contribution in [0.25, 0.3) is 0 Å². The first kappa shape index (κ1) is 14.6. The van der Waals surface area contributed by atoms with Gasteiger partial charge in [-0.15, -0.1) is 11.3 Å². The molecule has 98 valence electrons. The maximum Gasteiger partial charge on any atom is 0.0589 e. The van der Waals surface area contributed by atoms with E-state index in [1.54, 1.807) is 7.11 Å². The van der Waals surface area contributed by atoms with Crippen LogP contribution in [0.1, 0.15) is 11.8 Å². The summed E-state index contributed by atoms with van der Waals surface area (Å²) in [4.78, 5) is 3.87. The van der Waals surface area contributed by atoms with Gasteiger partial charge < -0.3 is 15.0 Å². The fraction of sp³-hybridized carbons (Fsp3) is 0.692. The highest BCUT2D eigenvalue weighted by atomic mass is 32.1. The second-order valence-electron chi connectivity index (χ2n) is 4.01. The Morgan fingerprint density at radius 1 is 1.35 bits per heavy atom. The topological polar surface area (TPSA) is 24.5 Å². The Morgan fingerprint density at radius 2 is 2.24 bits per heavy atom. The Bertz CT molecular complexity index is 264. The molecule has 3 nitrogen and oxygen atoms in total. The average Bonchev–Trinajstić information content (AvgIpc) is 2.85. The molecule has 0 amide bonds. The predicted molar refractivity (Wildman–Crippen MR) is 74.9 cm³/mol. The zero-order valence-corrected chi connectivity index (χ0v) is 11.8. The van der Waals surface area contributed by atoms with Crippen LogP contribution >= 0.6 is 11.3 Å². The van der Waals surface area contributed by atoms with E-state index in [9.17, 15) is 0 Å². The van der Waals surface area contributed by atoms with E-state index in [1.807, 2.05) is 11.3 Å². The number of nitrogens with one attached hydrogen (secondary N) is 1. The first-order chi connectivity index (χ1) is 8.36. The maximum absolute atomic E-state index is 5.09. The first-order valence-corrected chi connectivity index (χ1v) is 7.19. The molecular formula is C13H24N2OS. The van der Waals surface area contributed by atoms with E-state index >= 15 is 0 Å². The summed E-state index contributed by atoms with van der Waals surface area (Å²) in [5.41, 5.74) is 0. The van der Waals surface area contributed by atoms with Crippen LogP contribution < -0.4 is 5.32 Å². The SMILES string of the molecule is CCN(CCNCCc1cccs1)CCOC. The van der Waals surface area contributed by atoms with Crippen LogP contribution in [0, 0.1) is 0 Å². The smallest absolute Gasteiger partial charge is 0.0589 e. The van der Waals surface area contributed by atoms with E-state index in [0.717, 1.165) is 45.8 Å². The Labute approximate surface area is 109 Å². The summed E-state index contributed by atoms with van der Waals surface area (Å²) in [6.45, 7) is 8.37. The van der Waals surface area contributed by atoms with Crippen molar-refractivity contribution < 1.29 is 4.74 Å². The number of hydrogen-bond donors (Lipinski definition) is 1. The minimum Gasteiger partial charge on any atom is -0.383 e. The summed E-state index contributed by atoms with van der Waals surface area (Å²) < 4.78 is 5.09. The van der Waals surface area contributed by atoms with Crippen molar-refractivity contribution in [1.82, 2.24) is 10.2 Å². The molecule has 1 aromatic heterocycles. The van der Waals surface area contributed by atoms with Crippen LogP contribution in [0.5, 0.6) is 0 Å². The van der Waals surface area contributed by atoms with Crippen molar-refractivity contribution in [3.8, 4) is 0 Å². The molecule has 0 aliphatic rings. The summed E-state index contributed by atoms with van der Waals surface area (Å²) in [5.74, 6) is 0. The summed E-state index contributed by atoms with van der Waals surface area (Å²) in [6.07, 6.45) is 1.14. The molecule has 0 bridgehead atoms. The molecule has 0 aromatic carbocycles. The minimum absolute atomic E-state index is 0.822. The summed E-state index contributed by atoms with van der Waals surface area (Å²) in [5, 5.41) is 5.63. The van der Waals surface area contributed by atoms with E-state index in [2.05, 4.69) is 34.7 Å². The lowest BCUT2D eigenvalue weighted by Crippen LogP contribution is -2.34. The molecule has 0 aliphatic heterocycles. The van der Waals surface area contributed by atoms with Crippen molar-refractivity contribution in [2.45, 2.75) is 13.3 Å². The molecule has 0 atom stereocenters. The van der Waals surface area contributed by atoms with Gasteiger partial charge in [0.1, 0.15) is 0 Å². The van der Waals surface area contributed by atoms with E-state index in [-0.39, 0.29) is 0 Å². The summed E-state index contributed by atoms with van der Waals surface area (Å²) in [7, 11) is 1.76. The molecule has 4 heteroatoms. The number of methoxy groups -OCH3 is 1. The molecule has 0 saturated carbocycles. The van der Waals surface area contributed by atoms with Crippen molar-refractivity contribution in [2.24, 2.45) is 0 Å². The van der Waals surface area contributed by atoms with Crippen molar-refractivity contribution in [3.05, 3.63) is 22.4 Å². The van der Waals surface area contributed by atoms with Crippen LogP contribution in [0.15, 0.2) is 17.5 Å². The Hall–Kier alpha value is -0.420. The van der Waals surface area contributed by atoms with Gasteiger partial charge in [-0.05, 0) is 24.4 Å². The van der Waals surface area contributed by atoms with Crippen LogP contribution in [0.2, 0.25) is 0 Å². The molecule has 1 heterocycles. The van der Waals surface area contributed by atoms with E-state index in [4.69, 9.17) is 4.74 Å². The number of likely N-dealkylation sites (N-methyl/N-ethyl adjacent to an activating group) is 1. The van der Waals surface area contributed by atoms with Gasteiger partial charge >= 0.3 is 0 Å². The van der Waals surface area contributed by atoms with Gasteiger partial charge in [0.2, 0.25) is 0 Å². The Morgan fingerprint density at radius 3 is 2.88 bits per heavy atom. The normalized spacial score (nSPS) is 11.2. The highest BCUT2D eigenvalue weighted by molar-refractivity contribution is 7.09. The van der Waals surface area contributed by atoms with Crippen LogP contribution in [-0.2, 0) is 11.2 Å². The highest BCUT2D eigenvalue weighted by Gasteiger charge is 2.00. The quantitative estimate of drug-likeness (QED) is 0.647. The van der Waals surface area contributed by atoms with E-state index in [0.29, 0.717) is 0 Å². The number of thiophene rings is 1. The second kappa shape index (κ2) is 9.59. The summed E-state index contributed by atoms with van der Waals surface area (Å²) in [6, 6.07) is 4.31. The average molecular weight is 256 g/mol. The molecule has 0 unspecified atom stereocenters. The maximum atomic E-state index is 5.09. The monoisotopic (exact) mass is 256 g/mol. The van der Waals surface area contributed by atoms with Crippen molar-refractivity contribution in [2.75, 3.05) is 46.4 Å². The van der Waals surface area contributed by atoms with Crippen LogP contribution in [0.3, 0.4) is 0 Å². The van der Waals surface area contributed by atoms with Gasteiger partial charge in [-0.1, -0.05) is 13.0 Å². The predicted octanol–water partition coefficient (Wildman–Crippen LogP) is 1.85. The third-order valence-corrected chi connectivity index (χ3v) is 3.73. The third-order valence-electron chi connectivity index (χ3n) is 2.79. The Balaban J connectivity index is 1.98. The molecule has 0 radical (unpaired) electrons. The first-order valence-electron chi connectivity index (χ1n) is 6.31. The number of hydrogen-bond acceptors (Lipinski definition) is 4. The van der Waals surface area contributed by atoms with Crippen molar-refractivity contribution in [3.63, 3.8) is 0 Å². The molecule has 1 aromatic rings. The van der Waals surface area contributed by atoms with Gasteiger partial charge in [0.05, 0.1) is 6.61 Å². The Kier molecular flexibility index (Phi) is 8.26. The molecular weight excluding hydrogens is 232 g/mol. The lowest BCUT2D eigenvalue weighted by molar-refractivity contribution is 0.151. The van der Waals surface area contributed by atoms with Crippen molar-refractivity contribution >= 4 is 11.3 Å². The van der Waals surface area contributed by atoms with Gasteiger partial charge in [-0.3, -0.25) is 0 Å². The van der Waals surface area contributed by atoms with Gasteiger partial charge in [-0.2, -0.15) is 0 Å². The second-order valence-corrected chi connectivity index (χ2v) is 5.04. The van der Waals surface area contributed by atoms with Gasteiger partial charge in [0.25, 0.3) is 0 Å². The van der Waals surface area contributed by atoms with Gasteiger partial charge in [-0.25, -0.2) is 0 Å². The molecule has 0 fully saturated rings. The third kappa shape index (κ3) is 6.78. The molecule has 0 aliphatic carbocycles. The van der Waals surface area contributed by atoms with Gasteiger partial charge in [0, 0.05) is 38.2 Å². The number of rotatable bonds is 10. The minimum atomic E-state index is 0.822. The molecule has 1 N–H and O–H groups in total. The van der Waals surface area contributed by atoms with Crippen LogP contribution in [-0.4, -0.2) is 51.3 Å². The van der Waals surface area contributed by atoms with E-state index < -0.39 is 0 Å². The zero-order valence-electron chi connectivity index (χ0n) is 10.9. The lowest BCUT2D eigenvalue weighted by atomic mass is 10.3. The number of ether oxygens (including phenoxy) is 1. The fourth-order valence-corrected chi connectivity index (χ4v) is 2.39. The molecule has 1 rings (SSSR count). The molecule has 0 spiro atoms. The van der Waals surface area contributed by atoms with Crippen LogP contribution in [0.4, 0.5) is 0 Å². The van der Waals surface area contributed by atoms with Crippen molar-refractivity contribution in [1.29, 1.82) is 0 Å². The lowest BCUT2D eigenvalue weighted by Gasteiger charge is -2.19. The standard InChI is InChI=1S/C13H24N2OS/c1-3-15(10-11-16-2)9-8-14-7-6-13-5-4-12-17-13/h4-5,12,14H,3,6-11H2,1-2H3. The molecule has 17 heavy (non-hydrogen) atoms. The molecule has 0 saturated heterocycles.